The molecule has 1 fully saturated rings. The molecular weight excluding hydrogens is 198 g/mol. The summed E-state index contributed by atoms with van der Waals surface area (Å²) in [7, 11) is 0. The summed E-state index contributed by atoms with van der Waals surface area (Å²) in [5.74, 6) is -0.0221. The first kappa shape index (κ1) is 12.0. The maximum Gasteiger partial charge on any atom is 0.404 e. The van der Waals surface area contributed by atoms with E-state index in [4.69, 9.17) is 10.3 Å². The molecule has 76 valence electrons. The molecular formula is C6H12ClN3O3. The molecule has 0 unspecified atom stereocenters. The van der Waals surface area contributed by atoms with Crippen LogP contribution >= 0.6 is 12.4 Å². The van der Waals surface area contributed by atoms with Crippen molar-refractivity contribution in [1.82, 2.24) is 10.6 Å². The van der Waals surface area contributed by atoms with Gasteiger partial charge in [0.2, 0.25) is 0 Å². The normalized spacial score (nSPS) is 24.0. The minimum atomic E-state index is -1.06. The highest BCUT2D eigenvalue weighted by Crippen LogP contribution is 2.03. The molecule has 1 rings (SSSR count). The Morgan fingerprint density at radius 2 is 2.46 bits per heavy atom. The highest BCUT2D eigenvalue weighted by Gasteiger charge is 2.22. The van der Waals surface area contributed by atoms with Gasteiger partial charge in [-0.1, -0.05) is 5.16 Å². The molecule has 0 saturated carbocycles. The van der Waals surface area contributed by atoms with Crippen LogP contribution in [0.3, 0.4) is 0 Å². The van der Waals surface area contributed by atoms with Gasteiger partial charge in [0, 0.05) is 25.6 Å². The summed E-state index contributed by atoms with van der Waals surface area (Å²) in [6.45, 7) is 1.48. The van der Waals surface area contributed by atoms with Crippen molar-refractivity contribution in [1.29, 1.82) is 0 Å². The zero-order valence-corrected chi connectivity index (χ0v) is 7.67. The lowest BCUT2D eigenvalue weighted by Crippen LogP contribution is -2.31. The Balaban J connectivity index is 0.00000144. The van der Waals surface area contributed by atoms with E-state index in [0.717, 1.165) is 0 Å². The molecule has 1 heterocycles. The van der Waals surface area contributed by atoms with Gasteiger partial charge in [0.15, 0.2) is 0 Å². The Hall–Kier alpha value is -1.01. The number of nitrogens with one attached hydrogen (secondary N) is 2. The van der Waals surface area contributed by atoms with Crippen LogP contribution in [0.15, 0.2) is 5.16 Å². The van der Waals surface area contributed by atoms with Crippen LogP contribution in [0.2, 0.25) is 0 Å². The lowest BCUT2D eigenvalue weighted by molar-refractivity contribution is 0.193. The smallest absolute Gasteiger partial charge is 0.404 e. The van der Waals surface area contributed by atoms with E-state index in [-0.39, 0.29) is 18.3 Å². The molecule has 0 aromatic carbocycles. The largest absolute Gasteiger partial charge is 0.465 e. The van der Waals surface area contributed by atoms with Crippen molar-refractivity contribution >= 4 is 24.2 Å². The molecule has 4 N–H and O–H groups in total. The molecule has 0 bridgehead atoms. The summed E-state index contributed by atoms with van der Waals surface area (Å²) in [6, 6.07) is 0. The summed E-state index contributed by atoms with van der Waals surface area (Å²) >= 11 is 0. The van der Waals surface area contributed by atoms with Gasteiger partial charge in [-0.2, -0.15) is 0 Å². The second-order valence-corrected chi connectivity index (χ2v) is 2.61. The predicted octanol–water partition coefficient (Wildman–Crippen LogP) is -0.275. The third kappa shape index (κ3) is 3.47. The SMILES string of the molecule is Cl.O=C(O)NC[C@@H]1CNC/C1=N\O. The van der Waals surface area contributed by atoms with Gasteiger partial charge in [-0.25, -0.2) is 4.79 Å². The molecule has 0 spiro atoms. The van der Waals surface area contributed by atoms with E-state index in [1.54, 1.807) is 0 Å². The Morgan fingerprint density at radius 1 is 1.77 bits per heavy atom. The monoisotopic (exact) mass is 209 g/mol. The van der Waals surface area contributed by atoms with Gasteiger partial charge in [-0.15, -0.1) is 12.4 Å². The highest BCUT2D eigenvalue weighted by molar-refractivity contribution is 5.90. The maximum atomic E-state index is 10.1. The van der Waals surface area contributed by atoms with Crippen molar-refractivity contribution in [2.45, 2.75) is 0 Å². The highest BCUT2D eigenvalue weighted by atomic mass is 35.5. The lowest BCUT2D eigenvalue weighted by Gasteiger charge is -2.07. The summed E-state index contributed by atoms with van der Waals surface area (Å²) in [6.07, 6.45) is -1.06. The molecule has 0 radical (unpaired) electrons. The third-order valence-corrected chi connectivity index (χ3v) is 1.80. The third-order valence-electron chi connectivity index (χ3n) is 1.80. The molecule has 7 heteroatoms. The van der Waals surface area contributed by atoms with Crippen LogP contribution in [0.25, 0.3) is 0 Å². The molecule has 0 aromatic heterocycles. The van der Waals surface area contributed by atoms with E-state index >= 15 is 0 Å². The zero-order valence-electron chi connectivity index (χ0n) is 6.86. The fourth-order valence-corrected chi connectivity index (χ4v) is 1.15. The number of carbonyl (C=O) groups is 1. The summed E-state index contributed by atoms with van der Waals surface area (Å²) in [5, 5.41) is 25.1. The van der Waals surface area contributed by atoms with Crippen molar-refractivity contribution in [2.75, 3.05) is 19.6 Å². The van der Waals surface area contributed by atoms with Crippen LogP contribution in [0, 0.1) is 5.92 Å². The average molecular weight is 210 g/mol. The minimum absolute atomic E-state index is 0. The summed E-state index contributed by atoms with van der Waals surface area (Å²) in [5.41, 5.74) is 0.601. The van der Waals surface area contributed by atoms with E-state index in [1.807, 2.05) is 0 Å². The number of amides is 1. The van der Waals surface area contributed by atoms with Gasteiger partial charge in [-0.05, 0) is 0 Å². The van der Waals surface area contributed by atoms with Gasteiger partial charge in [0.25, 0.3) is 0 Å². The first-order chi connectivity index (χ1) is 5.74. The number of hydrogen-bond donors (Lipinski definition) is 4. The second kappa shape index (κ2) is 5.60. The van der Waals surface area contributed by atoms with Crippen LogP contribution < -0.4 is 10.6 Å². The van der Waals surface area contributed by atoms with E-state index in [2.05, 4.69) is 15.8 Å². The minimum Gasteiger partial charge on any atom is -0.465 e. The van der Waals surface area contributed by atoms with Gasteiger partial charge in [-0.3, -0.25) is 0 Å². The Labute approximate surface area is 81.4 Å². The second-order valence-electron chi connectivity index (χ2n) is 2.61. The molecule has 6 nitrogen and oxygen atoms in total. The van der Waals surface area contributed by atoms with E-state index < -0.39 is 6.09 Å². The van der Waals surface area contributed by atoms with Gasteiger partial charge in [0.1, 0.15) is 0 Å². The Kier molecular flexibility index (Phi) is 5.17. The standard InChI is InChI=1S/C6H11N3O3.ClH/c10-6(11)8-2-4-1-7-3-5(4)9-12;/h4,7-8,12H,1-3H2,(H,10,11);1H/b9-5+;/t4-;/m0./s1. The molecule has 1 aliphatic heterocycles. The van der Waals surface area contributed by atoms with Crippen LogP contribution in [-0.4, -0.2) is 41.8 Å². The molecule has 1 aliphatic rings. The summed E-state index contributed by atoms with van der Waals surface area (Å²) in [4.78, 5) is 10.1. The average Bonchev–Trinajstić information content (AvgIpc) is 2.47. The van der Waals surface area contributed by atoms with Crippen LogP contribution in [0.4, 0.5) is 4.79 Å². The first-order valence-electron chi connectivity index (χ1n) is 3.62. The number of hydrogen-bond acceptors (Lipinski definition) is 4. The van der Waals surface area contributed by atoms with Crippen LogP contribution in [0.5, 0.6) is 0 Å². The van der Waals surface area contributed by atoms with E-state index in [1.165, 1.54) is 0 Å². The molecule has 1 atom stereocenters. The van der Waals surface area contributed by atoms with Gasteiger partial charge < -0.3 is 20.9 Å². The Morgan fingerprint density at radius 3 is 3.00 bits per heavy atom. The predicted molar refractivity (Wildman–Crippen MR) is 48.9 cm³/mol. The number of rotatable bonds is 2. The summed E-state index contributed by atoms with van der Waals surface area (Å²) < 4.78 is 0. The molecule has 0 aromatic rings. The fraction of sp³-hybridized carbons (Fsp3) is 0.667. The van der Waals surface area contributed by atoms with E-state index in [0.29, 0.717) is 25.3 Å². The molecule has 13 heavy (non-hydrogen) atoms. The first-order valence-corrected chi connectivity index (χ1v) is 3.62. The van der Waals surface area contributed by atoms with Crippen molar-refractivity contribution < 1.29 is 15.1 Å². The van der Waals surface area contributed by atoms with Crippen molar-refractivity contribution in [3.05, 3.63) is 0 Å². The number of nitrogens with zero attached hydrogens (tertiary/aromatic N) is 1. The van der Waals surface area contributed by atoms with Crippen molar-refractivity contribution in [2.24, 2.45) is 11.1 Å². The molecule has 0 aliphatic carbocycles. The molecule has 1 amide bonds. The van der Waals surface area contributed by atoms with Crippen molar-refractivity contribution in [3.8, 4) is 0 Å². The van der Waals surface area contributed by atoms with Crippen LogP contribution in [-0.2, 0) is 0 Å². The number of oxime groups is 1. The Bertz CT molecular complexity index is 209. The maximum absolute atomic E-state index is 10.1. The number of carboxylic acid groups (broad SMARTS) is 1. The topological polar surface area (TPSA) is 94.0 Å². The van der Waals surface area contributed by atoms with Crippen LogP contribution in [0.1, 0.15) is 0 Å². The quantitative estimate of drug-likeness (QED) is 0.372. The zero-order chi connectivity index (χ0) is 8.97. The fourth-order valence-electron chi connectivity index (χ4n) is 1.15. The van der Waals surface area contributed by atoms with Crippen molar-refractivity contribution in [3.63, 3.8) is 0 Å². The lowest BCUT2D eigenvalue weighted by atomic mass is 10.1. The number of halogens is 1. The molecule has 1 saturated heterocycles. The van der Waals surface area contributed by atoms with Gasteiger partial charge in [0.05, 0.1) is 5.71 Å². The van der Waals surface area contributed by atoms with Gasteiger partial charge >= 0.3 is 6.09 Å². The van der Waals surface area contributed by atoms with E-state index in [9.17, 15) is 4.79 Å².